The fraction of sp³-hybridized carbons (Fsp3) is 0.500. The smallest absolute Gasteiger partial charge is 0.255 e. The Kier molecular flexibility index (Phi) is 5.75. The van der Waals surface area contributed by atoms with Crippen molar-refractivity contribution in [1.29, 1.82) is 0 Å². The van der Waals surface area contributed by atoms with Gasteiger partial charge in [0, 0.05) is 24.9 Å². The van der Waals surface area contributed by atoms with Crippen LogP contribution in [0.15, 0.2) is 30.4 Å². The zero-order chi connectivity index (χ0) is 17.0. The summed E-state index contributed by atoms with van der Waals surface area (Å²) in [6, 6.07) is 6.04. The van der Waals surface area contributed by atoms with Crippen LogP contribution in [0.3, 0.4) is 0 Å². The summed E-state index contributed by atoms with van der Waals surface area (Å²) in [6.45, 7) is 10.8. The summed E-state index contributed by atoms with van der Waals surface area (Å²) < 4.78 is 0. The van der Waals surface area contributed by atoms with Gasteiger partial charge in [-0.15, -0.1) is 0 Å². The third kappa shape index (κ3) is 3.90. The van der Waals surface area contributed by atoms with Crippen LogP contribution >= 0.6 is 0 Å². The van der Waals surface area contributed by atoms with Crippen LogP contribution in [-0.4, -0.2) is 22.6 Å². The molecule has 0 spiro atoms. The molecule has 0 fully saturated rings. The van der Waals surface area contributed by atoms with Crippen molar-refractivity contribution in [1.82, 2.24) is 4.90 Å². The van der Waals surface area contributed by atoms with Crippen molar-refractivity contribution in [3.8, 4) is 0 Å². The van der Waals surface area contributed by atoms with Crippen LogP contribution in [0.25, 0.3) is 0 Å². The number of hydrogen-bond acceptors (Lipinski definition) is 2. The number of nitrogens with zero attached hydrogens (tertiary/aromatic N) is 1. The lowest BCUT2D eigenvalue weighted by Gasteiger charge is -2.28. The fourth-order valence-electron chi connectivity index (χ4n) is 3.24. The lowest BCUT2D eigenvalue weighted by Crippen LogP contribution is -2.36. The Hall–Kier alpha value is -1.90. The number of Topliss-reactive ketones (excluding diaryl/α,β-unsaturated/α-hetero) is 1. The molecule has 1 amide bonds. The van der Waals surface area contributed by atoms with E-state index in [0.29, 0.717) is 25.8 Å². The van der Waals surface area contributed by atoms with Crippen LogP contribution in [0.1, 0.15) is 67.9 Å². The molecule has 1 aromatic carbocycles. The second kappa shape index (κ2) is 7.58. The highest BCUT2D eigenvalue weighted by atomic mass is 16.2. The molecule has 3 nitrogen and oxygen atoms in total. The van der Waals surface area contributed by atoms with E-state index in [1.807, 2.05) is 30.9 Å². The normalized spacial score (nSPS) is 14.7. The van der Waals surface area contributed by atoms with Crippen molar-refractivity contribution in [2.24, 2.45) is 0 Å². The molecule has 1 heterocycles. The molecule has 3 heteroatoms. The summed E-state index contributed by atoms with van der Waals surface area (Å²) in [5, 5.41) is 0. The predicted molar refractivity (Wildman–Crippen MR) is 93.4 cm³/mol. The van der Waals surface area contributed by atoms with E-state index < -0.39 is 0 Å². The van der Waals surface area contributed by atoms with Crippen molar-refractivity contribution >= 4 is 11.7 Å². The molecule has 1 aliphatic heterocycles. The van der Waals surface area contributed by atoms with E-state index in [4.69, 9.17) is 0 Å². The minimum absolute atomic E-state index is 0.0548. The number of rotatable bonds is 8. The van der Waals surface area contributed by atoms with Gasteiger partial charge < -0.3 is 4.90 Å². The Balaban J connectivity index is 2.13. The topological polar surface area (TPSA) is 37.4 Å². The van der Waals surface area contributed by atoms with E-state index in [-0.39, 0.29) is 17.7 Å². The van der Waals surface area contributed by atoms with Crippen molar-refractivity contribution in [3.63, 3.8) is 0 Å². The molecule has 0 N–H and O–H groups in total. The summed E-state index contributed by atoms with van der Waals surface area (Å²) >= 11 is 0. The van der Waals surface area contributed by atoms with Gasteiger partial charge in [-0.25, -0.2) is 0 Å². The first-order valence-electron chi connectivity index (χ1n) is 8.57. The summed E-state index contributed by atoms with van der Waals surface area (Å²) in [6.07, 6.45) is 3.67. The summed E-state index contributed by atoms with van der Waals surface area (Å²) in [7, 11) is 0. The molecule has 0 aromatic heterocycles. The average Bonchev–Trinajstić information content (AvgIpc) is 2.84. The van der Waals surface area contributed by atoms with Crippen LogP contribution in [-0.2, 0) is 17.8 Å². The molecule has 1 aliphatic rings. The Morgan fingerprint density at radius 1 is 1.30 bits per heavy atom. The minimum atomic E-state index is -0.0548. The largest absolute Gasteiger partial charge is 0.328 e. The van der Waals surface area contributed by atoms with Crippen molar-refractivity contribution in [2.75, 3.05) is 0 Å². The van der Waals surface area contributed by atoms with Gasteiger partial charge in [-0.2, -0.15) is 0 Å². The lowest BCUT2D eigenvalue weighted by atomic mass is 10.00. The van der Waals surface area contributed by atoms with Gasteiger partial charge in [0.15, 0.2) is 0 Å². The number of benzene rings is 1. The first-order chi connectivity index (χ1) is 11.0. The molecular weight excluding hydrogens is 286 g/mol. The first kappa shape index (κ1) is 17.5. The number of carbonyl (C=O) groups is 2. The number of hydrogen-bond donors (Lipinski definition) is 0. The summed E-state index contributed by atoms with van der Waals surface area (Å²) in [5.41, 5.74) is 4.10. The zero-order valence-corrected chi connectivity index (χ0v) is 14.5. The quantitative estimate of drug-likeness (QED) is 0.671. The van der Waals surface area contributed by atoms with Crippen LogP contribution in [0, 0.1) is 0 Å². The van der Waals surface area contributed by atoms with Gasteiger partial charge >= 0.3 is 0 Å². The molecule has 2 rings (SSSR count). The molecule has 0 saturated heterocycles. The predicted octanol–water partition coefficient (Wildman–Crippen LogP) is 4.30. The molecule has 124 valence electrons. The molecule has 23 heavy (non-hydrogen) atoms. The van der Waals surface area contributed by atoms with E-state index in [1.165, 1.54) is 5.56 Å². The molecule has 0 bridgehead atoms. The van der Waals surface area contributed by atoms with Crippen molar-refractivity contribution in [2.45, 2.75) is 65.5 Å². The van der Waals surface area contributed by atoms with E-state index in [1.54, 1.807) is 0 Å². The van der Waals surface area contributed by atoms with Gasteiger partial charge in [-0.3, -0.25) is 9.59 Å². The van der Waals surface area contributed by atoms with E-state index >= 15 is 0 Å². The van der Waals surface area contributed by atoms with Crippen LogP contribution < -0.4 is 0 Å². The Labute approximate surface area is 139 Å². The van der Waals surface area contributed by atoms with Crippen LogP contribution in [0.4, 0.5) is 0 Å². The standard InChI is InChI=1S/C20H27NO2/c1-5-7-17(22)9-11-19(14(3)4)21-13-16-12-15(6-2)8-10-18(16)20(21)23/h8,10,12,19H,3,5-7,9,11,13H2,1-2,4H3. The Morgan fingerprint density at radius 2 is 2.04 bits per heavy atom. The molecule has 1 atom stereocenters. The molecular formula is C20H27NO2. The fourth-order valence-corrected chi connectivity index (χ4v) is 3.24. The van der Waals surface area contributed by atoms with Crippen LogP contribution in [0.5, 0.6) is 0 Å². The van der Waals surface area contributed by atoms with Gasteiger partial charge in [0.1, 0.15) is 5.78 Å². The Bertz CT molecular complexity index is 618. The van der Waals surface area contributed by atoms with E-state index in [2.05, 4.69) is 19.6 Å². The van der Waals surface area contributed by atoms with Crippen LogP contribution in [0.2, 0.25) is 0 Å². The van der Waals surface area contributed by atoms with Crippen molar-refractivity contribution in [3.05, 3.63) is 47.0 Å². The monoisotopic (exact) mass is 313 g/mol. The second-order valence-electron chi connectivity index (χ2n) is 6.47. The first-order valence-corrected chi connectivity index (χ1v) is 8.57. The maximum absolute atomic E-state index is 12.7. The lowest BCUT2D eigenvalue weighted by molar-refractivity contribution is -0.119. The summed E-state index contributed by atoms with van der Waals surface area (Å²) in [4.78, 5) is 26.4. The number of amides is 1. The SMILES string of the molecule is C=C(C)C(CCC(=O)CCC)N1Cc2cc(CC)ccc2C1=O. The number of aryl methyl sites for hydroxylation is 1. The number of fused-ring (bicyclic) bond motifs is 1. The highest BCUT2D eigenvalue weighted by Gasteiger charge is 2.33. The highest BCUT2D eigenvalue weighted by molar-refractivity contribution is 5.98. The minimum Gasteiger partial charge on any atom is -0.328 e. The second-order valence-corrected chi connectivity index (χ2v) is 6.47. The van der Waals surface area contributed by atoms with Gasteiger partial charge in [0.2, 0.25) is 0 Å². The zero-order valence-electron chi connectivity index (χ0n) is 14.5. The summed E-state index contributed by atoms with van der Waals surface area (Å²) in [5.74, 6) is 0.342. The maximum Gasteiger partial charge on any atom is 0.255 e. The van der Waals surface area contributed by atoms with E-state index in [0.717, 1.165) is 29.5 Å². The molecule has 0 radical (unpaired) electrons. The van der Waals surface area contributed by atoms with Crippen molar-refractivity contribution < 1.29 is 9.59 Å². The number of ketones is 1. The average molecular weight is 313 g/mol. The van der Waals surface area contributed by atoms with Gasteiger partial charge in [-0.05, 0) is 43.4 Å². The highest BCUT2D eigenvalue weighted by Crippen LogP contribution is 2.29. The Morgan fingerprint density at radius 3 is 2.65 bits per heavy atom. The van der Waals surface area contributed by atoms with Gasteiger partial charge in [0.25, 0.3) is 5.91 Å². The molecule has 1 unspecified atom stereocenters. The van der Waals surface area contributed by atoms with E-state index in [9.17, 15) is 9.59 Å². The molecule has 1 aromatic rings. The molecule has 0 aliphatic carbocycles. The van der Waals surface area contributed by atoms with Gasteiger partial charge in [-0.1, -0.05) is 38.1 Å². The molecule has 0 saturated carbocycles. The van der Waals surface area contributed by atoms with Gasteiger partial charge in [0.05, 0.1) is 6.04 Å². The third-order valence-electron chi connectivity index (χ3n) is 4.58. The number of carbonyl (C=O) groups excluding carboxylic acids is 2. The maximum atomic E-state index is 12.7. The third-order valence-corrected chi connectivity index (χ3v) is 4.58.